The fourth-order valence-corrected chi connectivity index (χ4v) is 3.24. The molecule has 1 aliphatic heterocycles. The molecule has 1 unspecified atom stereocenters. The summed E-state index contributed by atoms with van der Waals surface area (Å²) >= 11 is 0. The maximum Gasteiger partial charge on any atom is 0.189 e. The summed E-state index contributed by atoms with van der Waals surface area (Å²) in [6.07, 6.45) is 3.93. The zero-order valence-corrected chi connectivity index (χ0v) is 15.7. The third kappa shape index (κ3) is 5.63. The van der Waals surface area contributed by atoms with Crippen LogP contribution in [0, 0.1) is 5.92 Å². The van der Waals surface area contributed by atoms with Crippen LogP contribution in [-0.4, -0.2) is 49.6 Å². The Kier molecular flexibility index (Phi) is 6.19. The van der Waals surface area contributed by atoms with E-state index in [1.165, 1.54) is 43.7 Å². The average molecular weight is 344 g/mol. The Morgan fingerprint density at radius 2 is 1.88 bits per heavy atom. The van der Waals surface area contributed by atoms with Crippen molar-refractivity contribution in [3.8, 4) is 0 Å². The first kappa shape index (κ1) is 18.1. The molecule has 1 heterocycles. The van der Waals surface area contributed by atoms with Crippen molar-refractivity contribution in [2.45, 2.75) is 45.7 Å². The monoisotopic (exact) mass is 343 g/mol. The normalized spacial score (nSPS) is 20.6. The van der Waals surface area contributed by atoms with Crippen molar-refractivity contribution in [1.82, 2.24) is 10.2 Å². The summed E-state index contributed by atoms with van der Waals surface area (Å²) < 4.78 is 0. The van der Waals surface area contributed by atoms with Gasteiger partial charge in [0.15, 0.2) is 5.96 Å². The fourth-order valence-electron chi connectivity index (χ4n) is 3.24. The molecule has 0 spiro atoms. The molecule has 1 saturated heterocycles. The second kappa shape index (κ2) is 8.56. The molecular formula is C20H33N5. The predicted octanol–water partition coefficient (Wildman–Crippen LogP) is 2.42. The number of rotatable bonds is 7. The standard InChI is InChI=1S/C20H33N5/c1-3-16(2)23-20(21)22-14-17-6-8-19(9-7-17)25-12-10-24(11-13-25)15-18-4-5-18/h6-9,16,18H,3-5,10-15H2,1-2H3,(H3,21,22,23). The van der Waals surface area contributed by atoms with Crippen molar-refractivity contribution in [1.29, 1.82) is 0 Å². The van der Waals surface area contributed by atoms with Gasteiger partial charge >= 0.3 is 0 Å². The van der Waals surface area contributed by atoms with Crippen molar-refractivity contribution in [2.75, 3.05) is 37.6 Å². The molecule has 0 bridgehead atoms. The number of hydrogen-bond acceptors (Lipinski definition) is 3. The van der Waals surface area contributed by atoms with Gasteiger partial charge in [0.1, 0.15) is 0 Å². The summed E-state index contributed by atoms with van der Waals surface area (Å²) in [5.74, 6) is 1.53. The minimum atomic E-state index is 0.365. The Balaban J connectivity index is 1.46. The highest BCUT2D eigenvalue weighted by atomic mass is 15.3. The van der Waals surface area contributed by atoms with Crippen LogP contribution in [0.4, 0.5) is 5.69 Å². The quantitative estimate of drug-likeness (QED) is 0.590. The highest BCUT2D eigenvalue weighted by molar-refractivity contribution is 5.78. The van der Waals surface area contributed by atoms with Crippen molar-refractivity contribution >= 4 is 11.6 Å². The van der Waals surface area contributed by atoms with Crippen molar-refractivity contribution < 1.29 is 0 Å². The number of benzene rings is 1. The number of nitrogens with one attached hydrogen (secondary N) is 1. The molecule has 1 aromatic rings. The van der Waals surface area contributed by atoms with Crippen molar-refractivity contribution in [2.24, 2.45) is 16.6 Å². The Bertz CT molecular complexity index is 556. The van der Waals surface area contributed by atoms with Crippen LogP contribution in [0.2, 0.25) is 0 Å². The molecule has 0 radical (unpaired) electrons. The summed E-state index contributed by atoms with van der Waals surface area (Å²) in [6.45, 7) is 10.9. The lowest BCUT2D eigenvalue weighted by atomic mass is 10.1. The number of guanidine groups is 1. The number of piperazine rings is 1. The van der Waals surface area contributed by atoms with Crippen LogP contribution in [0.15, 0.2) is 29.3 Å². The lowest BCUT2D eigenvalue weighted by Crippen LogP contribution is -2.47. The van der Waals surface area contributed by atoms with Gasteiger partial charge in [-0.3, -0.25) is 4.90 Å². The molecule has 5 heteroatoms. The number of anilines is 1. The largest absolute Gasteiger partial charge is 0.370 e. The van der Waals surface area contributed by atoms with E-state index >= 15 is 0 Å². The zero-order valence-electron chi connectivity index (χ0n) is 15.7. The van der Waals surface area contributed by atoms with Gasteiger partial charge in [0.05, 0.1) is 6.54 Å². The van der Waals surface area contributed by atoms with Gasteiger partial charge in [-0.15, -0.1) is 0 Å². The summed E-state index contributed by atoms with van der Waals surface area (Å²) in [4.78, 5) is 9.56. The molecule has 25 heavy (non-hydrogen) atoms. The van der Waals surface area contributed by atoms with Gasteiger partial charge in [0.25, 0.3) is 0 Å². The molecule has 1 saturated carbocycles. The molecular weight excluding hydrogens is 310 g/mol. The van der Waals surface area contributed by atoms with E-state index in [4.69, 9.17) is 5.73 Å². The molecule has 1 atom stereocenters. The minimum absolute atomic E-state index is 0.365. The van der Waals surface area contributed by atoms with Gasteiger partial charge in [-0.2, -0.15) is 0 Å². The van der Waals surface area contributed by atoms with E-state index in [-0.39, 0.29) is 0 Å². The van der Waals surface area contributed by atoms with Crippen molar-refractivity contribution in [3.05, 3.63) is 29.8 Å². The molecule has 3 N–H and O–H groups in total. The molecule has 1 aliphatic carbocycles. The van der Waals surface area contributed by atoms with Crippen LogP contribution in [0.5, 0.6) is 0 Å². The number of aliphatic imine (C=N–C) groups is 1. The Labute approximate surface area is 152 Å². The molecule has 5 nitrogen and oxygen atoms in total. The number of nitrogens with zero attached hydrogens (tertiary/aromatic N) is 3. The van der Waals surface area contributed by atoms with Crippen LogP contribution in [-0.2, 0) is 6.54 Å². The number of hydrogen-bond donors (Lipinski definition) is 2. The SMILES string of the molecule is CCC(C)NC(N)=NCc1ccc(N2CCN(CC3CC3)CC2)cc1. The fraction of sp³-hybridized carbons (Fsp3) is 0.650. The first-order valence-corrected chi connectivity index (χ1v) is 9.76. The molecule has 2 aliphatic rings. The van der Waals surface area contributed by atoms with Crippen LogP contribution in [0.3, 0.4) is 0 Å². The molecule has 138 valence electrons. The Hall–Kier alpha value is -1.75. The smallest absolute Gasteiger partial charge is 0.189 e. The van der Waals surface area contributed by atoms with E-state index in [1.54, 1.807) is 0 Å². The molecule has 0 amide bonds. The van der Waals surface area contributed by atoms with E-state index in [1.807, 2.05) is 0 Å². The molecule has 1 aromatic carbocycles. The van der Waals surface area contributed by atoms with Gasteiger partial charge in [-0.25, -0.2) is 4.99 Å². The average Bonchev–Trinajstić information content (AvgIpc) is 3.45. The van der Waals surface area contributed by atoms with Crippen LogP contribution < -0.4 is 16.0 Å². The Morgan fingerprint density at radius 3 is 2.48 bits per heavy atom. The van der Waals surface area contributed by atoms with Gasteiger partial charge in [-0.05, 0) is 49.8 Å². The molecule has 3 rings (SSSR count). The van der Waals surface area contributed by atoms with E-state index in [2.05, 4.69) is 58.2 Å². The maximum atomic E-state index is 5.92. The van der Waals surface area contributed by atoms with E-state index < -0.39 is 0 Å². The highest BCUT2D eigenvalue weighted by Gasteiger charge is 2.26. The topological polar surface area (TPSA) is 56.9 Å². The van der Waals surface area contributed by atoms with Crippen LogP contribution >= 0.6 is 0 Å². The van der Waals surface area contributed by atoms with E-state index in [0.29, 0.717) is 18.5 Å². The third-order valence-corrected chi connectivity index (χ3v) is 5.33. The Morgan fingerprint density at radius 1 is 1.20 bits per heavy atom. The first-order chi connectivity index (χ1) is 12.1. The van der Waals surface area contributed by atoms with Gasteiger partial charge < -0.3 is 16.0 Å². The van der Waals surface area contributed by atoms with Crippen molar-refractivity contribution in [3.63, 3.8) is 0 Å². The predicted molar refractivity (Wildman–Crippen MR) is 106 cm³/mol. The summed E-state index contributed by atoms with van der Waals surface area (Å²) in [6, 6.07) is 9.15. The lowest BCUT2D eigenvalue weighted by Gasteiger charge is -2.36. The second-order valence-corrected chi connectivity index (χ2v) is 7.55. The van der Waals surface area contributed by atoms with Gasteiger partial charge in [0, 0.05) is 44.5 Å². The van der Waals surface area contributed by atoms with E-state index in [9.17, 15) is 0 Å². The van der Waals surface area contributed by atoms with Gasteiger partial charge in [-0.1, -0.05) is 19.1 Å². The zero-order chi connectivity index (χ0) is 17.6. The highest BCUT2D eigenvalue weighted by Crippen LogP contribution is 2.30. The van der Waals surface area contributed by atoms with Crippen LogP contribution in [0.1, 0.15) is 38.7 Å². The second-order valence-electron chi connectivity index (χ2n) is 7.55. The molecule has 2 fully saturated rings. The van der Waals surface area contributed by atoms with E-state index in [0.717, 1.165) is 25.4 Å². The summed E-state index contributed by atoms with van der Waals surface area (Å²) in [7, 11) is 0. The molecule has 0 aromatic heterocycles. The summed E-state index contributed by atoms with van der Waals surface area (Å²) in [5.41, 5.74) is 8.45. The maximum absolute atomic E-state index is 5.92. The third-order valence-electron chi connectivity index (χ3n) is 5.33. The van der Waals surface area contributed by atoms with Crippen LogP contribution in [0.25, 0.3) is 0 Å². The van der Waals surface area contributed by atoms with Gasteiger partial charge in [0.2, 0.25) is 0 Å². The summed E-state index contributed by atoms with van der Waals surface area (Å²) in [5, 5.41) is 3.20. The minimum Gasteiger partial charge on any atom is -0.370 e. The number of nitrogens with two attached hydrogens (primary N) is 1. The lowest BCUT2D eigenvalue weighted by molar-refractivity contribution is 0.248. The first-order valence-electron chi connectivity index (χ1n) is 9.76.